The molecule has 0 spiro atoms. The van der Waals surface area contributed by atoms with Crippen LogP contribution in [-0.2, 0) is 14.7 Å². The van der Waals surface area contributed by atoms with Crippen molar-refractivity contribution in [3.05, 3.63) is 34.1 Å². The molecule has 1 fully saturated rings. The van der Waals surface area contributed by atoms with E-state index in [2.05, 4.69) is 49.8 Å². The summed E-state index contributed by atoms with van der Waals surface area (Å²) in [6.07, 6.45) is 0.858. The molecule has 0 saturated carbocycles. The molecule has 0 radical (unpaired) electrons. The molecule has 1 aromatic rings. The summed E-state index contributed by atoms with van der Waals surface area (Å²) in [6.45, 7) is 14.0. The fourth-order valence-corrected chi connectivity index (χ4v) is 4.38. The second-order valence-electron chi connectivity index (χ2n) is 8.79. The largest absolute Gasteiger partial charge is 0.416 e. The summed E-state index contributed by atoms with van der Waals surface area (Å²) >= 11 is 3.43. The summed E-state index contributed by atoms with van der Waals surface area (Å²) in [6, 6.07) is 4.92. The van der Waals surface area contributed by atoms with Gasteiger partial charge in [-0.15, -0.1) is 0 Å². The van der Waals surface area contributed by atoms with Crippen molar-refractivity contribution in [1.29, 1.82) is 0 Å². The molecule has 0 aromatic heterocycles. The Labute approximate surface area is 160 Å². The Balaban J connectivity index is 2.30. The Hall–Kier alpha value is -0.273. The third-order valence-corrected chi connectivity index (χ3v) is 10.8. The van der Waals surface area contributed by atoms with Gasteiger partial charge in [-0.1, -0.05) is 36.7 Å². The second kappa shape index (κ2) is 7.39. The summed E-state index contributed by atoms with van der Waals surface area (Å²) in [5.41, 5.74) is 6.36. The van der Waals surface area contributed by atoms with Gasteiger partial charge < -0.3 is 14.9 Å². The Bertz CT molecular complexity index is 620. The standard InChI is InChI=1S/C19H31BrFNO2Si/c1-13-9-14(11-24-25(5,6)18(2,3)4)19(22,12-23-13)16-10-15(20)7-8-17(16)21/h7-8,10,13-14H,9,11-12,22H2,1-6H3/t13-,14-,19-/m0/s1. The van der Waals surface area contributed by atoms with Crippen molar-refractivity contribution in [3.63, 3.8) is 0 Å². The smallest absolute Gasteiger partial charge is 0.191 e. The molecule has 1 heterocycles. The SMILES string of the molecule is C[C@H]1C[C@@H](CO[Si](C)(C)C(C)(C)C)[C@](N)(c2cc(Br)ccc2F)CO1. The van der Waals surface area contributed by atoms with E-state index >= 15 is 0 Å². The predicted octanol–water partition coefficient (Wildman–Crippen LogP) is 5.19. The molecule has 0 unspecified atom stereocenters. The maximum absolute atomic E-state index is 14.5. The van der Waals surface area contributed by atoms with Crippen molar-refractivity contribution in [2.45, 2.75) is 63.9 Å². The number of nitrogens with two attached hydrogens (primary N) is 1. The first-order valence-corrected chi connectivity index (χ1v) is 12.6. The van der Waals surface area contributed by atoms with Gasteiger partial charge in [0.2, 0.25) is 0 Å². The molecule has 0 aliphatic carbocycles. The van der Waals surface area contributed by atoms with Crippen LogP contribution in [0.1, 0.15) is 39.7 Å². The van der Waals surface area contributed by atoms with Gasteiger partial charge in [0, 0.05) is 22.6 Å². The number of hydrogen-bond acceptors (Lipinski definition) is 3. The van der Waals surface area contributed by atoms with E-state index in [4.69, 9.17) is 14.9 Å². The molecule has 1 aliphatic rings. The van der Waals surface area contributed by atoms with Gasteiger partial charge in [-0.3, -0.25) is 0 Å². The van der Waals surface area contributed by atoms with E-state index in [0.717, 1.165) is 10.9 Å². The van der Waals surface area contributed by atoms with Crippen LogP contribution in [0, 0.1) is 11.7 Å². The molecule has 1 aliphatic heterocycles. The predicted molar refractivity (Wildman–Crippen MR) is 107 cm³/mol. The summed E-state index contributed by atoms with van der Waals surface area (Å²) in [4.78, 5) is 0. The van der Waals surface area contributed by atoms with Crippen molar-refractivity contribution in [1.82, 2.24) is 0 Å². The van der Waals surface area contributed by atoms with Gasteiger partial charge in [-0.2, -0.15) is 0 Å². The van der Waals surface area contributed by atoms with Crippen LogP contribution in [0.25, 0.3) is 0 Å². The summed E-state index contributed by atoms with van der Waals surface area (Å²) in [7, 11) is -1.90. The molecule has 142 valence electrons. The lowest BCUT2D eigenvalue weighted by atomic mass is 9.75. The molecule has 25 heavy (non-hydrogen) atoms. The van der Waals surface area contributed by atoms with Gasteiger partial charge in [0.25, 0.3) is 0 Å². The lowest BCUT2D eigenvalue weighted by molar-refractivity contribution is -0.0665. The van der Waals surface area contributed by atoms with Crippen LogP contribution in [0.3, 0.4) is 0 Å². The Morgan fingerprint density at radius 3 is 2.64 bits per heavy atom. The number of halogens is 2. The molecular weight excluding hydrogens is 401 g/mol. The van der Waals surface area contributed by atoms with Crippen LogP contribution >= 0.6 is 15.9 Å². The van der Waals surface area contributed by atoms with Crippen LogP contribution in [0.2, 0.25) is 18.1 Å². The monoisotopic (exact) mass is 431 g/mol. The van der Waals surface area contributed by atoms with Gasteiger partial charge in [-0.25, -0.2) is 4.39 Å². The molecule has 2 N–H and O–H groups in total. The molecule has 3 nitrogen and oxygen atoms in total. The van der Waals surface area contributed by atoms with Gasteiger partial charge in [0.05, 0.1) is 18.2 Å². The number of ether oxygens (including phenoxy) is 1. The zero-order valence-corrected chi connectivity index (χ0v) is 18.7. The highest BCUT2D eigenvalue weighted by molar-refractivity contribution is 9.10. The minimum absolute atomic E-state index is 0.00850. The van der Waals surface area contributed by atoms with Crippen LogP contribution in [0.4, 0.5) is 4.39 Å². The van der Waals surface area contributed by atoms with Crippen molar-refractivity contribution < 1.29 is 13.6 Å². The second-order valence-corrected chi connectivity index (χ2v) is 14.5. The summed E-state index contributed by atoms with van der Waals surface area (Å²) in [5, 5.41) is 0.127. The minimum Gasteiger partial charge on any atom is -0.416 e. The van der Waals surface area contributed by atoms with Gasteiger partial charge in [-0.05, 0) is 49.7 Å². The van der Waals surface area contributed by atoms with Crippen LogP contribution in [0.5, 0.6) is 0 Å². The number of benzene rings is 1. The molecule has 1 aromatic carbocycles. The first-order chi connectivity index (χ1) is 11.4. The maximum Gasteiger partial charge on any atom is 0.191 e. The first kappa shape index (κ1) is 21.0. The van der Waals surface area contributed by atoms with E-state index in [1.54, 1.807) is 12.1 Å². The molecule has 6 heteroatoms. The average molecular weight is 432 g/mol. The lowest BCUT2D eigenvalue weighted by Crippen LogP contribution is -2.56. The van der Waals surface area contributed by atoms with Gasteiger partial charge in [0.1, 0.15) is 5.82 Å². The molecule has 2 rings (SSSR count). The van der Waals surface area contributed by atoms with E-state index in [-0.39, 0.29) is 22.9 Å². The Morgan fingerprint density at radius 2 is 2.04 bits per heavy atom. The highest BCUT2D eigenvalue weighted by Crippen LogP contribution is 2.41. The molecular formula is C19H31BrFNO2Si. The van der Waals surface area contributed by atoms with Gasteiger partial charge >= 0.3 is 0 Å². The first-order valence-electron chi connectivity index (χ1n) is 8.87. The lowest BCUT2D eigenvalue weighted by Gasteiger charge is -2.46. The van der Waals surface area contributed by atoms with Crippen molar-refractivity contribution in [2.75, 3.05) is 13.2 Å². The van der Waals surface area contributed by atoms with E-state index < -0.39 is 13.9 Å². The highest BCUT2D eigenvalue weighted by atomic mass is 79.9. The van der Waals surface area contributed by atoms with E-state index in [1.807, 2.05) is 6.92 Å². The quantitative estimate of drug-likeness (QED) is 0.666. The fourth-order valence-electron chi connectivity index (χ4n) is 2.97. The fraction of sp³-hybridized carbons (Fsp3) is 0.684. The number of rotatable bonds is 4. The third-order valence-electron chi connectivity index (χ3n) is 5.83. The zero-order valence-electron chi connectivity index (χ0n) is 16.2. The molecule has 3 atom stereocenters. The van der Waals surface area contributed by atoms with Gasteiger partial charge in [0.15, 0.2) is 8.32 Å². The Morgan fingerprint density at radius 1 is 1.40 bits per heavy atom. The van der Waals surface area contributed by atoms with Crippen molar-refractivity contribution >= 4 is 24.2 Å². The molecule has 1 saturated heterocycles. The minimum atomic E-state index is -1.90. The van der Waals surface area contributed by atoms with E-state index in [1.165, 1.54) is 6.07 Å². The highest BCUT2D eigenvalue weighted by Gasteiger charge is 2.45. The summed E-state index contributed by atoms with van der Waals surface area (Å²) < 4.78 is 27.6. The van der Waals surface area contributed by atoms with Crippen LogP contribution < -0.4 is 5.73 Å². The van der Waals surface area contributed by atoms with Crippen molar-refractivity contribution in [2.24, 2.45) is 11.7 Å². The van der Waals surface area contributed by atoms with Crippen molar-refractivity contribution in [3.8, 4) is 0 Å². The average Bonchev–Trinajstić information content (AvgIpc) is 2.49. The normalized spacial score (nSPS) is 28.2. The Kier molecular flexibility index (Phi) is 6.22. The molecule has 0 bridgehead atoms. The van der Waals surface area contributed by atoms with Crippen LogP contribution in [-0.4, -0.2) is 27.6 Å². The van der Waals surface area contributed by atoms with E-state index in [9.17, 15) is 4.39 Å². The third kappa shape index (κ3) is 4.53. The maximum atomic E-state index is 14.5. The topological polar surface area (TPSA) is 44.5 Å². The van der Waals surface area contributed by atoms with E-state index in [0.29, 0.717) is 18.8 Å². The number of hydrogen-bond donors (Lipinski definition) is 1. The molecule has 0 amide bonds. The summed E-state index contributed by atoms with van der Waals surface area (Å²) in [5.74, 6) is -0.282. The van der Waals surface area contributed by atoms with Crippen LogP contribution in [0.15, 0.2) is 22.7 Å². The zero-order chi connectivity index (χ0) is 19.0.